The van der Waals surface area contributed by atoms with Crippen LogP contribution in [-0.2, 0) is 25.7 Å². The summed E-state index contributed by atoms with van der Waals surface area (Å²) >= 11 is 0. The maximum absolute atomic E-state index is 12.6. The fraction of sp³-hybridized carbons (Fsp3) is 0.471. The van der Waals surface area contributed by atoms with Crippen LogP contribution in [0.15, 0.2) is 30.3 Å². The minimum Gasteiger partial charge on any atom is -0.369 e. The first kappa shape index (κ1) is 16.4. The van der Waals surface area contributed by atoms with E-state index in [1.54, 1.807) is 0 Å². The molecular formula is C17H21N3O4. The maximum Gasteiger partial charge on any atom is 0.249 e. The first-order valence-electron chi connectivity index (χ1n) is 8.14. The second-order valence-corrected chi connectivity index (χ2v) is 6.03. The van der Waals surface area contributed by atoms with Crippen LogP contribution in [0.25, 0.3) is 0 Å². The molecule has 0 unspecified atom stereocenters. The van der Waals surface area contributed by atoms with Crippen LogP contribution < -0.4 is 10.6 Å². The molecule has 0 aliphatic carbocycles. The Hall–Kier alpha value is -2.41. The Labute approximate surface area is 140 Å². The number of benzene rings is 1. The zero-order valence-electron chi connectivity index (χ0n) is 13.4. The third kappa shape index (κ3) is 3.73. The van der Waals surface area contributed by atoms with Crippen LogP contribution in [0.1, 0.15) is 18.4 Å². The Morgan fingerprint density at radius 2 is 2.08 bits per heavy atom. The van der Waals surface area contributed by atoms with Crippen molar-refractivity contribution in [2.45, 2.75) is 31.5 Å². The number of piperidine rings is 1. The molecule has 3 amide bonds. The van der Waals surface area contributed by atoms with Gasteiger partial charge in [0.1, 0.15) is 18.7 Å². The Morgan fingerprint density at radius 1 is 1.29 bits per heavy atom. The molecule has 3 rings (SSSR count). The fourth-order valence-corrected chi connectivity index (χ4v) is 2.98. The van der Waals surface area contributed by atoms with Gasteiger partial charge in [0.15, 0.2) is 0 Å². The molecule has 2 saturated heterocycles. The van der Waals surface area contributed by atoms with Crippen molar-refractivity contribution in [3.05, 3.63) is 35.9 Å². The van der Waals surface area contributed by atoms with Gasteiger partial charge in [-0.1, -0.05) is 30.3 Å². The van der Waals surface area contributed by atoms with Gasteiger partial charge in [0, 0.05) is 13.1 Å². The van der Waals surface area contributed by atoms with Crippen molar-refractivity contribution < 1.29 is 19.1 Å². The van der Waals surface area contributed by atoms with Crippen molar-refractivity contribution in [3.63, 3.8) is 0 Å². The highest BCUT2D eigenvalue weighted by molar-refractivity contribution is 5.93. The molecule has 24 heavy (non-hydrogen) atoms. The average Bonchev–Trinajstić information content (AvgIpc) is 2.59. The molecule has 2 atom stereocenters. The summed E-state index contributed by atoms with van der Waals surface area (Å²) in [4.78, 5) is 38.1. The van der Waals surface area contributed by atoms with Crippen molar-refractivity contribution in [2.75, 3.05) is 19.8 Å². The van der Waals surface area contributed by atoms with Crippen molar-refractivity contribution in [1.29, 1.82) is 0 Å². The topological polar surface area (TPSA) is 87.7 Å². The van der Waals surface area contributed by atoms with Gasteiger partial charge in [0.05, 0.1) is 6.61 Å². The molecule has 1 aromatic carbocycles. The number of nitrogens with one attached hydrogen (secondary N) is 2. The first-order chi connectivity index (χ1) is 11.6. The smallest absolute Gasteiger partial charge is 0.249 e. The summed E-state index contributed by atoms with van der Waals surface area (Å²) in [7, 11) is 0. The molecule has 2 N–H and O–H groups in total. The van der Waals surface area contributed by atoms with Gasteiger partial charge in [-0.2, -0.15) is 0 Å². The highest BCUT2D eigenvalue weighted by atomic mass is 16.5. The van der Waals surface area contributed by atoms with Crippen LogP contribution in [0.3, 0.4) is 0 Å². The molecular weight excluding hydrogens is 310 g/mol. The molecule has 0 aromatic heterocycles. The summed E-state index contributed by atoms with van der Waals surface area (Å²) in [6.07, 6.45) is 1.43. The summed E-state index contributed by atoms with van der Waals surface area (Å²) in [5.74, 6) is -0.744. The van der Waals surface area contributed by atoms with Crippen molar-refractivity contribution in [2.24, 2.45) is 0 Å². The fourth-order valence-electron chi connectivity index (χ4n) is 2.98. The molecule has 2 aliphatic heterocycles. The summed E-state index contributed by atoms with van der Waals surface area (Å²) < 4.78 is 5.25. The number of morpholine rings is 1. The summed E-state index contributed by atoms with van der Waals surface area (Å²) in [6.45, 7) is 1.09. The van der Waals surface area contributed by atoms with Gasteiger partial charge in [0.25, 0.3) is 0 Å². The third-order valence-electron chi connectivity index (χ3n) is 4.30. The molecule has 1 aromatic rings. The standard InChI is InChI=1S/C17H21N3O4/c21-15-11-24-10-14(20(15)9-12-5-2-1-3-6-12)17(23)19-13-7-4-8-18-16(13)22/h1-3,5-6,13-14H,4,7-11H2,(H,18,22)(H,19,23)/t13-,14+/m0/s1. The minimum absolute atomic E-state index is 0.0273. The van der Waals surface area contributed by atoms with E-state index in [4.69, 9.17) is 4.74 Å². The van der Waals surface area contributed by atoms with Gasteiger partial charge in [-0.05, 0) is 18.4 Å². The SMILES string of the molecule is O=C1NCCC[C@@H]1NC(=O)[C@H]1COCC(=O)N1Cc1ccccc1. The highest BCUT2D eigenvalue weighted by Gasteiger charge is 2.36. The second kappa shape index (κ2) is 7.44. The Balaban J connectivity index is 1.69. The minimum atomic E-state index is -0.721. The van der Waals surface area contributed by atoms with Crippen molar-refractivity contribution in [3.8, 4) is 0 Å². The molecule has 2 heterocycles. The number of hydrogen-bond donors (Lipinski definition) is 2. The predicted octanol–water partition coefficient (Wildman–Crippen LogP) is -0.191. The lowest BCUT2D eigenvalue weighted by molar-refractivity contribution is -0.156. The van der Waals surface area contributed by atoms with Crippen LogP contribution in [0.2, 0.25) is 0 Å². The normalized spacial score (nSPS) is 24.4. The Morgan fingerprint density at radius 3 is 2.83 bits per heavy atom. The number of carbonyl (C=O) groups is 3. The Kier molecular flexibility index (Phi) is 5.10. The molecule has 7 heteroatoms. The quantitative estimate of drug-likeness (QED) is 0.800. The van der Waals surface area contributed by atoms with Crippen LogP contribution in [0.4, 0.5) is 0 Å². The number of hydrogen-bond acceptors (Lipinski definition) is 4. The molecule has 0 radical (unpaired) electrons. The van der Waals surface area contributed by atoms with E-state index in [1.165, 1.54) is 4.90 Å². The van der Waals surface area contributed by atoms with Gasteiger partial charge >= 0.3 is 0 Å². The molecule has 2 fully saturated rings. The lowest BCUT2D eigenvalue weighted by Gasteiger charge is -2.35. The molecule has 0 spiro atoms. The largest absolute Gasteiger partial charge is 0.369 e. The predicted molar refractivity (Wildman–Crippen MR) is 85.8 cm³/mol. The zero-order chi connectivity index (χ0) is 16.9. The highest BCUT2D eigenvalue weighted by Crippen LogP contribution is 2.14. The van der Waals surface area contributed by atoms with Gasteiger partial charge < -0.3 is 20.3 Å². The van der Waals surface area contributed by atoms with E-state index < -0.39 is 12.1 Å². The molecule has 128 valence electrons. The van der Waals surface area contributed by atoms with Crippen LogP contribution >= 0.6 is 0 Å². The van der Waals surface area contributed by atoms with Crippen molar-refractivity contribution in [1.82, 2.24) is 15.5 Å². The monoisotopic (exact) mass is 331 g/mol. The first-order valence-corrected chi connectivity index (χ1v) is 8.14. The van der Waals surface area contributed by atoms with E-state index >= 15 is 0 Å². The van der Waals surface area contributed by atoms with Gasteiger partial charge in [-0.3, -0.25) is 14.4 Å². The van der Waals surface area contributed by atoms with Gasteiger partial charge in [-0.15, -0.1) is 0 Å². The number of carbonyl (C=O) groups excluding carboxylic acids is 3. The van der Waals surface area contributed by atoms with Crippen molar-refractivity contribution >= 4 is 17.7 Å². The van der Waals surface area contributed by atoms with E-state index in [9.17, 15) is 14.4 Å². The van der Waals surface area contributed by atoms with E-state index in [1.807, 2.05) is 30.3 Å². The number of ether oxygens (including phenoxy) is 1. The third-order valence-corrected chi connectivity index (χ3v) is 4.30. The maximum atomic E-state index is 12.6. The molecule has 2 aliphatic rings. The van der Waals surface area contributed by atoms with E-state index in [0.29, 0.717) is 19.5 Å². The van der Waals surface area contributed by atoms with Crippen LogP contribution in [0, 0.1) is 0 Å². The summed E-state index contributed by atoms with van der Waals surface area (Å²) in [5, 5.41) is 5.48. The zero-order valence-corrected chi connectivity index (χ0v) is 13.4. The molecule has 7 nitrogen and oxygen atoms in total. The Bertz CT molecular complexity index is 620. The average molecular weight is 331 g/mol. The summed E-state index contributed by atoms with van der Waals surface area (Å²) in [6, 6.07) is 8.24. The molecule has 0 bridgehead atoms. The lowest BCUT2D eigenvalue weighted by atomic mass is 10.1. The van der Waals surface area contributed by atoms with Gasteiger partial charge in [-0.25, -0.2) is 0 Å². The second-order valence-electron chi connectivity index (χ2n) is 6.03. The lowest BCUT2D eigenvalue weighted by Crippen LogP contribution is -2.59. The van der Waals surface area contributed by atoms with Crippen LogP contribution in [0.5, 0.6) is 0 Å². The number of nitrogens with zero attached hydrogens (tertiary/aromatic N) is 1. The van der Waals surface area contributed by atoms with Crippen LogP contribution in [-0.4, -0.2) is 54.5 Å². The van der Waals surface area contributed by atoms with E-state index in [-0.39, 0.29) is 30.9 Å². The number of rotatable bonds is 4. The van der Waals surface area contributed by atoms with Gasteiger partial charge in [0.2, 0.25) is 17.7 Å². The van der Waals surface area contributed by atoms with E-state index in [0.717, 1.165) is 12.0 Å². The molecule has 0 saturated carbocycles. The summed E-state index contributed by atoms with van der Waals surface area (Å²) in [5.41, 5.74) is 0.945. The number of amides is 3. The van der Waals surface area contributed by atoms with E-state index in [2.05, 4.69) is 10.6 Å².